The van der Waals surface area contributed by atoms with Gasteiger partial charge in [-0.25, -0.2) is 0 Å². The monoisotopic (exact) mass is 347 g/mol. The molecule has 1 rings (SSSR count). The van der Waals surface area contributed by atoms with Crippen LogP contribution in [0.2, 0.25) is 0 Å². The Hall–Kier alpha value is -0.620. The number of carbonyl (C=O) groups excluding carboxylic acids is 1. The van der Waals surface area contributed by atoms with Gasteiger partial charge in [0.05, 0.1) is 5.56 Å². The van der Waals surface area contributed by atoms with Crippen LogP contribution in [0.1, 0.15) is 36.5 Å². The van der Waals surface area contributed by atoms with Crippen LogP contribution in [-0.4, -0.2) is 23.7 Å². The summed E-state index contributed by atoms with van der Waals surface area (Å²) in [6, 6.07) is 7.57. The molecule has 0 aliphatic carbocycles. The number of halogens is 1. The summed E-state index contributed by atoms with van der Waals surface area (Å²) < 4.78 is 0.946. The second-order valence-electron chi connectivity index (χ2n) is 3.95. The molecule has 1 aromatic carbocycles. The van der Waals surface area contributed by atoms with Gasteiger partial charge in [-0.2, -0.15) is 0 Å². The van der Waals surface area contributed by atoms with Crippen LogP contribution in [-0.2, 0) is 0 Å². The Morgan fingerprint density at radius 2 is 2.12 bits per heavy atom. The van der Waals surface area contributed by atoms with Crippen molar-refractivity contribution >= 4 is 28.5 Å². The highest BCUT2D eigenvalue weighted by atomic mass is 127. The minimum Gasteiger partial charge on any atom is -0.396 e. The van der Waals surface area contributed by atoms with Crippen molar-refractivity contribution in [1.82, 2.24) is 5.32 Å². The number of hydrogen-bond donors (Lipinski definition) is 2. The molecule has 3 nitrogen and oxygen atoms in total. The Balaban J connectivity index is 2.67. The van der Waals surface area contributed by atoms with Gasteiger partial charge in [0.15, 0.2) is 0 Å². The van der Waals surface area contributed by atoms with E-state index in [1.165, 1.54) is 0 Å². The van der Waals surface area contributed by atoms with Gasteiger partial charge < -0.3 is 10.4 Å². The van der Waals surface area contributed by atoms with E-state index in [0.29, 0.717) is 12.0 Å². The SMILES string of the molecule is CCCC(CCO)NC(=O)c1ccccc1I. The number of carbonyl (C=O) groups is 1. The summed E-state index contributed by atoms with van der Waals surface area (Å²) >= 11 is 2.15. The molecule has 0 saturated heterocycles. The van der Waals surface area contributed by atoms with E-state index in [2.05, 4.69) is 34.8 Å². The van der Waals surface area contributed by atoms with Crippen molar-refractivity contribution in [2.45, 2.75) is 32.2 Å². The zero-order valence-electron chi connectivity index (χ0n) is 9.95. The average Bonchev–Trinajstić information content (AvgIpc) is 2.30. The molecular weight excluding hydrogens is 329 g/mol. The normalized spacial score (nSPS) is 12.2. The van der Waals surface area contributed by atoms with Crippen LogP contribution in [0.25, 0.3) is 0 Å². The summed E-state index contributed by atoms with van der Waals surface area (Å²) in [5, 5.41) is 11.9. The van der Waals surface area contributed by atoms with Gasteiger partial charge in [-0.15, -0.1) is 0 Å². The van der Waals surface area contributed by atoms with Crippen molar-refractivity contribution in [1.29, 1.82) is 0 Å². The molecule has 0 radical (unpaired) electrons. The lowest BCUT2D eigenvalue weighted by atomic mass is 10.1. The summed E-state index contributed by atoms with van der Waals surface area (Å²) in [4.78, 5) is 12.0. The predicted molar refractivity (Wildman–Crippen MR) is 77.0 cm³/mol. The third kappa shape index (κ3) is 4.63. The van der Waals surface area contributed by atoms with Crippen molar-refractivity contribution < 1.29 is 9.90 Å². The van der Waals surface area contributed by atoms with Gasteiger partial charge in [0.25, 0.3) is 5.91 Å². The minimum atomic E-state index is -0.0538. The summed E-state index contributed by atoms with van der Waals surface area (Å²) in [5.74, 6) is -0.0538. The largest absolute Gasteiger partial charge is 0.396 e. The zero-order valence-corrected chi connectivity index (χ0v) is 12.1. The van der Waals surface area contributed by atoms with Crippen LogP contribution < -0.4 is 5.32 Å². The van der Waals surface area contributed by atoms with E-state index in [1.807, 2.05) is 24.3 Å². The van der Waals surface area contributed by atoms with E-state index in [1.54, 1.807) is 0 Å². The van der Waals surface area contributed by atoms with Crippen molar-refractivity contribution in [3.63, 3.8) is 0 Å². The van der Waals surface area contributed by atoms with Crippen LogP contribution in [0.3, 0.4) is 0 Å². The number of aliphatic hydroxyl groups excluding tert-OH is 1. The highest BCUT2D eigenvalue weighted by Crippen LogP contribution is 2.12. The number of amides is 1. The molecule has 0 spiro atoms. The van der Waals surface area contributed by atoms with Crippen molar-refractivity contribution in [2.75, 3.05) is 6.61 Å². The third-order valence-corrected chi connectivity index (χ3v) is 3.51. The van der Waals surface area contributed by atoms with Crippen LogP contribution in [0, 0.1) is 3.57 Å². The quantitative estimate of drug-likeness (QED) is 0.777. The van der Waals surface area contributed by atoms with Gasteiger partial charge in [-0.3, -0.25) is 4.79 Å². The maximum absolute atomic E-state index is 12.0. The Labute approximate surface area is 116 Å². The number of nitrogens with one attached hydrogen (secondary N) is 1. The number of benzene rings is 1. The molecule has 0 aliphatic heterocycles. The fourth-order valence-corrected chi connectivity index (χ4v) is 2.33. The second kappa shape index (κ2) is 7.66. The molecule has 0 fully saturated rings. The van der Waals surface area contributed by atoms with Crippen LogP contribution in [0.4, 0.5) is 0 Å². The lowest BCUT2D eigenvalue weighted by Crippen LogP contribution is -2.35. The Morgan fingerprint density at radius 3 is 2.71 bits per heavy atom. The maximum atomic E-state index is 12.0. The average molecular weight is 347 g/mol. The first-order valence-electron chi connectivity index (χ1n) is 5.85. The Morgan fingerprint density at radius 1 is 1.41 bits per heavy atom. The summed E-state index contributed by atoms with van der Waals surface area (Å²) in [5.41, 5.74) is 0.701. The van der Waals surface area contributed by atoms with Crippen molar-refractivity contribution in [2.24, 2.45) is 0 Å². The molecule has 2 N–H and O–H groups in total. The molecule has 1 atom stereocenters. The van der Waals surface area contributed by atoms with Gasteiger partial charge in [0.1, 0.15) is 0 Å². The highest BCUT2D eigenvalue weighted by molar-refractivity contribution is 14.1. The van der Waals surface area contributed by atoms with E-state index in [-0.39, 0.29) is 18.6 Å². The lowest BCUT2D eigenvalue weighted by Gasteiger charge is -2.17. The lowest BCUT2D eigenvalue weighted by molar-refractivity contribution is 0.0927. The first-order valence-corrected chi connectivity index (χ1v) is 6.93. The van der Waals surface area contributed by atoms with Gasteiger partial charge in [0.2, 0.25) is 0 Å². The van der Waals surface area contributed by atoms with E-state index >= 15 is 0 Å². The summed E-state index contributed by atoms with van der Waals surface area (Å²) in [6.07, 6.45) is 2.51. The molecule has 1 unspecified atom stereocenters. The van der Waals surface area contributed by atoms with Crippen LogP contribution in [0.15, 0.2) is 24.3 Å². The van der Waals surface area contributed by atoms with E-state index < -0.39 is 0 Å². The molecule has 17 heavy (non-hydrogen) atoms. The fraction of sp³-hybridized carbons (Fsp3) is 0.462. The van der Waals surface area contributed by atoms with E-state index in [4.69, 9.17) is 5.11 Å². The topological polar surface area (TPSA) is 49.3 Å². The van der Waals surface area contributed by atoms with Crippen LogP contribution in [0.5, 0.6) is 0 Å². The van der Waals surface area contributed by atoms with Gasteiger partial charge in [-0.05, 0) is 47.6 Å². The molecule has 0 aromatic heterocycles. The maximum Gasteiger partial charge on any atom is 0.252 e. The highest BCUT2D eigenvalue weighted by Gasteiger charge is 2.14. The summed E-state index contributed by atoms with van der Waals surface area (Å²) in [6.45, 7) is 2.18. The number of hydrogen-bond acceptors (Lipinski definition) is 2. The standard InChI is InChI=1S/C13H18INO2/c1-2-5-10(8-9-16)15-13(17)11-6-3-4-7-12(11)14/h3-4,6-7,10,16H,2,5,8-9H2,1H3,(H,15,17). The molecule has 0 heterocycles. The van der Waals surface area contributed by atoms with Gasteiger partial charge in [0, 0.05) is 16.2 Å². The Kier molecular flexibility index (Phi) is 6.50. The van der Waals surface area contributed by atoms with Crippen molar-refractivity contribution in [3.05, 3.63) is 33.4 Å². The summed E-state index contributed by atoms with van der Waals surface area (Å²) in [7, 11) is 0. The van der Waals surface area contributed by atoms with Crippen LogP contribution >= 0.6 is 22.6 Å². The molecule has 1 amide bonds. The molecule has 0 aliphatic rings. The zero-order chi connectivity index (χ0) is 12.7. The Bertz CT molecular complexity index is 362. The van der Waals surface area contributed by atoms with Crippen molar-refractivity contribution in [3.8, 4) is 0 Å². The first-order chi connectivity index (χ1) is 8.19. The van der Waals surface area contributed by atoms with E-state index in [9.17, 15) is 4.79 Å². The first kappa shape index (κ1) is 14.4. The third-order valence-electron chi connectivity index (χ3n) is 2.57. The number of rotatable bonds is 6. The molecule has 0 saturated carbocycles. The molecule has 4 heteroatoms. The second-order valence-corrected chi connectivity index (χ2v) is 5.11. The molecule has 94 valence electrons. The minimum absolute atomic E-state index is 0.0538. The fourth-order valence-electron chi connectivity index (χ4n) is 1.70. The predicted octanol–water partition coefficient (Wildman–Crippen LogP) is 2.57. The number of aliphatic hydroxyl groups is 1. The van der Waals surface area contributed by atoms with Gasteiger partial charge >= 0.3 is 0 Å². The molecule has 1 aromatic rings. The molecule has 0 bridgehead atoms. The smallest absolute Gasteiger partial charge is 0.252 e. The molecular formula is C13H18INO2. The van der Waals surface area contributed by atoms with Gasteiger partial charge in [-0.1, -0.05) is 25.5 Å². The van der Waals surface area contributed by atoms with E-state index in [0.717, 1.165) is 16.4 Å².